The Bertz CT molecular complexity index is 1970. The summed E-state index contributed by atoms with van der Waals surface area (Å²) in [4.78, 5) is 64.5. The number of nitrogens with zero attached hydrogens (tertiary/aromatic N) is 4. The van der Waals surface area contributed by atoms with Crippen LogP contribution < -0.4 is 16.4 Å². The lowest BCUT2D eigenvalue weighted by Crippen LogP contribution is -2.55. The van der Waals surface area contributed by atoms with E-state index in [1.54, 1.807) is 0 Å². The normalized spacial score (nSPS) is 27.4. The molecule has 6 unspecified atom stereocenters. The van der Waals surface area contributed by atoms with Gasteiger partial charge in [0.05, 0.1) is 27.7 Å². The second-order valence-electron chi connectivity index (χ2n) is 17.6. The van der Waals surface area contributed by atoms with Crippen molar-refractivity contribution in [3.63, 3.8) is 0 Å². The number of hydrogen-bond donors (Lipinski definition) is 3. The zero-order chi connectivity index (χ0) is 40.9. The van der Waals surface area contributed by atoms with E-state index in [2.05, 4.69) is 47.0 Å². The molecule has 58 heavy (non-hydrogen) atoms. The zero-order valence-electron chi connectivity index (χ0n) is 35.3. The van der Waals surface area contributed by atoms with Crippen molar-refractivity contribution in [3.05, 3.63) is 30.1 Å². The van der Waals surface area contributed by atoms with Gasteiger partial charge in [0.1, 0.15) is 11.3 Å². The molecule has 316 valence electrons. The number of imide groups is 1. The van der Waals surface area contributed by atoms with Gasteiger partial charge in [-0.1, -0.05) is 77.5 Å². The SMILES string of the molecule is CCCCc1nc2c(N)nc3ccccc3c2n1CCCCNC(=O)CCCCCN1C(=O)CC(SCC2NC3(CC)C4CCCCCCC(C4)C3(CC)C2=O)C1=O. The third kappa shape index (κ3) is 8.05. The summed E-state index contributed by atoms with van der Waals surface area (Å²) in [5, 5.41) is 7.65. The van der Waals surface area contributed by atoms with Crippen LogP contribution in [0.3, 0.4) is 0 Å². The average Bonchev–Trinajstić information content (AvgIpc) is 3.92. The van der Waals surface area contributed by atoms with E-state index < -0.39 is 5.25 Å². The van der Waals surface area contributed by atoms with Crippen molar-refractivity contribution >= 4 is 63.0 Å². The molecular weight excluding hydrogens is 747 g/mol. The first-order valence-corrected chi connectivity index (χ1v) is 23.8. The summed E-state index contributed by atoms with van der Waals surface area (Å²) in [7, 11) is 0. The third-order valence-electron chi connectivity index (χ3n) is 14.4. The molecule has 1 aromatic carbocycles. The monoisotopic (exact) mass is 813 g/mol. The molecule has 12 heteroatoms. The van der Waals surface area contributed by atoms with Crippen LogP contribution in [-0.2, 0) is 32.1 Å². The Morgan fingerprint density at radius 2 is 1.71 bits per heavy atom. The number of thioether (sulfide) groups is 1. The van der Waals surface area contributed by atoms with E-state index in [1.807, 2.05) is 18.2 Å². The van der Waals surface area contributed by atoms with Crippen LogP contribution in [0.2, 0.25) is 0 Å². The maximum Gasteiger partial charge on any atom is 0.242 e. The Morgan fingerprint density at radius 3 is 2.48 bits per heavy atom. The molecule has 0 radical (unpaired) electrons. The van der Waals surface area contributed by atoms with E-state index in [-0.39, 0.29) is 41.1 Å². The average molecular weight is 814 g/mol. The maximum absolute atomic E-state index is 14.4. The smallest absolute Gasteiger partial charge is 0.242 e. The number of benzene rings is 1. The minimum atomic E-state index is -0.429. The van der Waals surface area contributed by atoms with Crippen molar-refractivity contribution < 1.29 is 19.2 Å². The molecule has 11 nitrogen and oxygen atoms in total. The Hall–Kier alpha value is -3.51. The van der Waals surface area contributed by atoms with Crippen molar-refractivity contribution in [3.8, 4) is 0 Å². The number of rotatable bonds is 19. The molecule has 4 aliphatic rings. The Kier molecular flexibility index (Phi) is 13.8. The van der Waals surface area contributed by atoms with Crippen LogP contribution >= 0.6 is 11.8 Å². The van der Waals surface area contributed by atoms with E-state index in [9.17, 15) is 19.2 Å². The predicted molar refractivity (Wildman–Crippen MR) is 233 cm³/mol. The number of carbonyl (C=O) groups is 4. The lowest BCUT2D eigenvalue weighted by atomic mass is 9.61. The zero-order valence-corrected chi connectivity index (χ0v) is 36.1. The molecular formula is C46H67N7O4S. The van der Waals surface area contributed by atoms with Gasteiger partial charge >= 0.3 is 0 Å². The molecule has 2 saturated carbocycles. The number of likely N-dealkylation sites (tertiary alicyclic amines) is 1. The minimum absolute atomic E-state index is 0.0330. The van der Waals surface area contributed by atoms with Crippen LogP contribution in [0.25, 0.3) is 21.9 Å². The number of para-hydroxylation sites is 1. The van der Waals surface area contributed by atoms with E-state index in [0.29, 0.717) is 61.5 Å². The fraction of sp³-hybridized carbons (Fsp3) is 0.696. The standard InChI is InChI=1S/C46H67N7O4S/c1-4-7-23-37-50-40-41(33-21-14-15-22-34(33)49-43(40)47)52(37)26-18-16-25-48-38(54)24-13-10-17-27-53-39(55)29-36(44(53)57)58-30-35-42(56)45(5-2)31-19-11-8-9-12-20-32(28-31)46(45,6-3)51-35/h14-15,21-22,31-32,35-36,51H,4-13,16-20,23-30H2,1-3H3,(H2,47,49)(H,48,54). The highest BCUT2D eigenvalue weighted by Gasteiger charge is 2.71. The molecule has 2 aliphatic heterocycles. The number of aryl methyl sites for hydroxylation is 2. The van der Waals surface area contributed by atoms with Gasteiger partial charge in [-0.3, -0.25) is 29.4 Å². The third-order valence-corrected chi connectivity index (χ3v) is 15.7. The molecule has 3 aromatic rings. The van der Waals surface area contributed by atoms with Crippen LogP contribution in [-0.4, -0.2) is 78.6 Å². The second kappa shape index (κ2) is 18.8. The largest absolute Gasteiger partial charge is 0.382 e. The van der Waals surface area contributed by atoms with E-state index >= 15 is 0 Å². The summed E-state index contributed by atoms with van der Waals surface area (Å²) >= 11 is 1.50. The predicted octanol–water partition coefficient (Wildman–Crippen LogP) is 7.90. The maximum atomic E-state index is 14.4. The van der Waals surface area contributed by atoms with Gasteiger partial charge in [0.15, 0.2) is 11.6 Å². The Morgan fingerprint density at radius 1 is 0.931 bits per heavy atom. The van der Waals surface area contributed by atoms with Gasteiger partial charge in [-0.2, -0.15) is 0 Å². The molecule has 2 bridgehead atoms. The Balaban J connectivity index is 0.823. The summed E-state index contributed by atoms with van der Waals surface area (Å²) in [5.41, 5.74) is 8.57. The van der Waals surface area contributed by atoms with Crippen molar-refractivity contribution in [2.75, 3.05) is 24.6 Å². The second-order valence-corrected chi connectivity index (χ2v) is 18.8. The first-order chi connectivity index (χ1) is 28.2. The summed E-state index contributed by atoms with van der Waals surface area (Å²) < 4.78 is 2.30. The minimum Gasteiger partial charge on any atom is -0.382 e. The van der Waals surface area contributed by atoms with Crippen molar-refractivity contribution in [1.82, 2.24) is 30.1 Å². The molecule has 2 aliphatic carbocycles. The lowest BCUT2D eigenvalue weighted by molar-refractivity contribution is -0.138. The summed E-state index contributed by atoms with van der Waals surface area (Å²) in [6.07, 6.45) is 17.9. The first kappa shape index (κ1) is 42.6. The highest BCUT2D eigenvalue weighted by molar-refractivity contribution is 8.00. The fourth-order valence-corrected chi connectivity index (χ4v) is 12.8. The van der Waals surface area contributed by atoms with Gasteiger partial charge in [0.2, 0.25) is 17.7 Å². The number of hydrogen-bond acceptors (Lipinski definition) is 9. The number of anilines is 1. The van der Waals surface area contributed by atoms with Crippen molar-refractivity contribution in [2.45, 2.75) is 166 Å². The number of nitrogen functional groups attached to an aromatic ring is 1. The number of aromatic nitrogens is 3. The van der Waals surface area contributed by atoms with Crippen LogP contribution in [0, 0.1) is 17.3 Å². The number of nitrogens with one attached hydrogen (secondary N) is 2. The molecule has 6 atom stereocenters. The number of amides is 3. The number of nitrogens with two attached hydrogens (primary N) is 1. The van der Waals surface area contributed by atoms with Gasteiger partial charge in [-0.05, 0) is 82.1 Å². The molecule has 7 rings (SSSR count). The first-order valence-electron chi connectivity index (χ1n) is 22.8. The number of pyridine rings is 1. The molecule has 4 fully saturated rings. The highest BCUT2D eigenvalue weighted by Crippen LogP contribution is 2.64. The number of Topliss-reactive ketones (excluding diaryl/α,β-unsaturated/α-hetero) is 1. The molecule has 2 saturated heterocycles. The van der Waals surface area contributed by atoms with Gasteiger partial charge in [0.25, 0.3) is 0 Å². The van der Waals surface area contributed by atoms with Crippen molar-refractivity contribution in [1.29, 1.82) is 0 Å². The van der Waals surface area contributed by atoms with Gasteiger partial charge < -0.3 is 15.6 Å². The highest BCUT2D eigenvalue weighted by atomic mass is 32.2. The van der Waals surface area contributed by atoms with Crippen LogP contribution in [0.5, 0.6) is 0 Å². The molecule has 0 spiro atoms. The Labute approximate surface area is 349 Å². The number of fused-ring (bicyclic) bond motifs is 8. The van der Waals surface area contributed by atoms with Gasteiger partial charge in [0, 0.05) is 55.6 Å². The number of unbranched alkanes of at least 4 members (excludes halogenated alkanes) is 4. The lowest BCUT2D eigenvalue weighted by Gasteiger charge is -2.44. The van der Waals surface area contributed by atoms with E-state index in [0.717, 1.165) is 98.5 Å². The molecule has 3 amide bonds. The molecule has 2 aromatic heterocycles. The number of carbonyl (C=O) groups excluding carboxylic acids is 4. The summed E-state index contributed by atoms with van der Waals surface area (Å²) in [6.45, 7) is 8.45. The van der Waals surface area contributed by atoms with Gasteiger partial charge in [-0.25, -0.2) is 9.97 Å². The van der Waals surface area contributed by atoms with Crippen LogP contribution in [0.1, 0.15) is 142 Å². The number of imidazole rings is 1. The quantitative estimate of drug-likeness (QED) is 0.0810. The van der Waals surface area contributed by atoms with Crippen molar-refractivity contribution in [2.24, 2.45) is 17.3 Å². The summed E-state index contributed by atoms with van der Waals surface area (Å²) in [6, 6.07) is 7.80. The number of ketones is 1. The van der Waals surface area contributed by atoms with Gasteiger partial charge in [-0.15, -0.1) is 11.8 Å². The van der Waals surface area contributed by atoms with E-state index in [4.69, 9.17) is 10.7 Å². The van der Waals surface area contributed by atoms with Crippen LogP contribution in [0.4, 0.5) is 5.82 Å². The van der Waals surface area contributed by atoms with Crippen LogP contribution in [0.15, 0.2) is 24.3 Å². The molecule has 4 heterocycles. The summed E-state index contributed by atoms with van der Waals surface area (Å²) in [5.74, 6) is 3.17. The molecule has 4 N–H and O–H groups in total. The fourth-order valence-electron chi connectivity index (χ4n) is 11.6. The van der Waals surface area contributed by atoms with E-state index in [1.165, 1.54) is 48.8 Å². The topological polar surface area (TPSA) is 152 Å².